The average molecular weight is 636 g/mol. The molecule has 0 fully saturated rings. The Balaban J connectivity index is 1.35. The number of nitrogens with one attached hydrogen (secondary N) is 3. The van der Waals surface area contributed by atoms with Crippen LogP contribution in [0.15, 0.2) is 144 Å². The number of anilines is 2. The first-order chi connectivity index (χ1) is 21.9. The highest BCUT2D eigenvalue weighted by Gasteiger charge is 2.23. The van der Waals surface area contributed by atoms with Gasteiger partial charge in [-0.15, -0.1) is 11.8 Å². The number of thioether (sulfide) groups is 1. The average Bonchev–Trinajstić information content (AvgIpc) is 3.06. The molecule has 5 rings (SSSR count). The molecule has 9 heteroatoms. The Morgan fingerprint density at radius 3 is 1.93 bits per heavy atom. The van der Waals surface area contributed by atoms with Gasteiger partial charge in [0.25, 0.3) is 11.8 Å². The molecule has 1 atom stereocenters. The van der Waals surface area contributed by atoms with Crippen LogP contribution in [0.1, 0.15) is 26.7 Å². The minimum atomic E-state index is -0.677. The summed E-state index contributed by atoms with van der Waals surface area (Å²) in [6.07, 6.45) is 1.20. The van der Waals surface area contributed by atoms with Crippen molar-refractivity contribution in [1.82, 2.24) is 5.32 Å². The SMILES string of the molecule is O=C(Nc1ccc(SC(C(=O)Nc2ccccc2)c2ccccc2)cc1)/C(=C/c1c(F)cccc1Cl)NC(=O)c1ccccc1. The fourth-order valence-electron chi connectivity index (χ4n) is 4.32. The maximum Gasteiger partial charge on any atom is 0.272 e. The quantitative estimate of drug-likeness (QED) is 0.106. The van der Waals surface area contributed by atoms with Crippen LogP contribution < -0.4 is 16.0 Å². The van der Waals surface area contributed by atoms with Gasteiger partial charge in [-0.3, -0.25) is 14.4 Å². The number of carbonyl (C=O) groups excluding carboxylic acids is 3. The van der Waals surface area contributed by atoms with Crippen molar-refractivity contribution in [2.75, 3.05) is 10.6 Å². The van der Waals surface area contributed by atoms with Crippen LogP contribution in [0.3, 0.4) is 0 Å². The maximum atomic E-state index is 14.6. The number of amides is 3. The van der Waals surface area contributed by atoms with Crippen molar-refractivity contribution < 1.29 is 18.8 Å². The lowest BCUT2D eigenvalue weighted by Crippen LogP contribution is -2.30. The monoisotopic (exact) mass is 635 g/mol. The van der Waals surface area contributed by atoms with E-state index in [1.807, 2.05) is 60.7 Å². The Kier molecular flexibility index (Phi) is 10.4. The number of halogens is 2. The first-order valence-corrected chi connectivity index (χ1v) is 15.1. The molecule has 0 saturated carbocycles. The lowest BCUT2D eigenvalue weighted by atomic mass is 10.1. The highest BCUT2D eigenvalue weighted by Crippen LogP contribution is 2.37. The second kappa shape index (κ2) is 15.0. The Labute approximate surface area is 269 Å². The first-order valence-electron chi connectivity index (χ1n) is 13.9. The molecular weight excluding hydrogens is 609 g/mol. The zero-order valence-electron chi connectivity index (χ0n) is 23.7. The summed E-state index contributed by atoms with van der Waals surface area (Å²) in [4.78, 5) is 40.4. The molecule has 6 nitrogen and oxygen atoms in total. The molecular formula is C36H27ClFN3O3S. The molecule has 0 heterocycles. The lowest BCUT2D eigenvalue weighted by Gasteiger charge is -2.17. The predicted octanol–water partition coefficient (Wildman–Crippen LogP) is 8.36. The smallest absolute Gasteiger partial charge is 0.272 e. The summed E-state index contributed by atoms with van der Waals surface area (Å²) in [5, 5.41) is 7.84. The number of hydrogen-bond donors (Lipinski definition) is 3. The summed E-state index contributed by atoms with van der Waals surface area (Å²) in [6.45, 7) is 0. The minimum Gasteiger partial charge on any atom is -0.325 e. The van der Waals surface area contributed by atoms with Gasteiger partial charge >= 0.3 is 0 Å². The van der Waals surface area contributed by atoms with Crippen molar-refractivity contribution in [1.29, 1.82) is 0 Å². The number of carbonyl (C=O) groups is 3. The number of para-hydroxylation sites is 1. The van der Waals surface area contributed by atoms with E-state index in [2.05, 4.69) is 16.0 Å². The van der Waals surface area contributed by atoms with E-state index in [0.717, 1.165) is 10.5 Å². The molecule has 0 saturated heterocycles. The summed E-state index contributed by atoms with van der Waals surface area (Å²) < 4.78 is 14.6. The van der Waals surface area contributed by atoms with Crippen LogP contribution in [-0.2, 0) is 9.59 Å². The van der Waals surface area contributed by atoms with Gasteiger partial charge in [0.2, 0.25) is 5.91 Å². The van der Waals surface area contributed by atoms with Crippen LogP contribution in [0.5, 0.6) is 0 Å². The van der Waals surface area contributed by atoms with Crippen molar-refractivity contribution in [3.8, 4) is 0 Å². The van der Waals surface area contributed by atoms with Gasteiger partial charge in [0, 0.05) is 27.4 Å². The molecule has 0 aliphatic rings. The highest BCUT2D eigenvalue weighted by atomic mass is 35.5. The molecule has 3 N–H and O–H groups in total. The Morgan fingerprint density at radius 1 is 0.689 bits per heavy atom. The van der Waals surface area contributed by atoms with Gasteiger partial charge in [-0.05, 0) is 72.3 Å². The molecule has 5 aromatic rings. The Morgan fingerprint density at radius 2 is 1.29 bits per heavy atom. The van der Waals surface area contributed by atoms with Crippen LogP contribution >= 0.6 is 23.4 Å². The standard InChI is InChI=1S/C36H27ClFN3O3S/c37-30-17-10-18-31(38)29(30)23-32(41-34(42)25-13-6-2-7-14-25)35(43)39-27-19-21-28(22-20-27)45-33(24-11-4-1-5-12-24)36(44)40-26-15-8-3-9-16-26/h1-23,33H,(H,39,43)(H,40,44)(H,41,42)/b32-23-. The van der Waals surface area contributed by atoms with Gasteiger partial charge in [0.05, 0.1) is 5.02 Å². The fourth-order valence-corrected chi connectivity index (χ4v) is 5.56. The Hall–Kier alpha value is -5.18. The van der Waals surface area contributed by atoms with Crippen molar-refractivity contribution in [3.05, 3.63) is 167 Å². The molecule has 0 aromatic heterocycles. The van der Waals surface area contributed by atoms with Crippen LogP contribution in [0.25, 0.3) is 6.08 Å². The van der Waals surface area contributed by atoms with Crippen molar-refractivity contribution in [3.63, 3.8) is 0 Å². The summed E-state index contributed by atoms with van der Waals surface area (Å²) in [6, 6.07) is 38.1. The zero-order chi connectivity index (χ0) is 31.6. The third-order valence-corrected chi connectivity index (χ3v) is 8.16. The van der Waals surface area contributed by atoms with E-state index in [-0.39, 0.29) is 22.2 Å². The minimum absolute atomic E-state index is 0.0369. The normalized spacial score (nSPS) is 11.7. The summed E-state index contributed by atoms with van der Waals surface area (Å²) in [7, 11) is 0. The van der Waals surface area contributed by atoms with Gasteiger partial charge in [-0.25, -0.2) is 4.39 Å². The molecule has 0 aliphatic heterocycles. The molecule has 0 spiro atoms. The molecule has 0 radical (unpaired) electrons. The van der Waals surface area contributed by atoms with E-state index in [1.165, 1.54) is 36.0 Å². The van der Waals surface area contributed by atoms with Crippen LogP contribution in [0, 0.1) is 5.82 Å². The number of benzene rings is 5. The van der Waals surface area contributed by atoms with Crippen molar-refractivity contribution >= 4 is 58.5 Å². The Bertz CT molecular complexity index is 1800. The van der Waals surface area contributed by atoms with E-state index in [1.54, 1.807) is 54.6 Å². The van der Waals surface area contributed by atoms with E-state index >= 15 is 0 Å². The lowest BCUT2D eigenvalue weighted by molar-refractivity contribution is -0.116. The van der Waals surface area contributed by atoms with Crippen LogP contribution in [-0.4, -0.2) is 17.7 Å². The summed E-state index contributed by atoms with van der Waals surface area (Å²) in [5.74, 6) is -2.04. The second-order valence-corrected chi connectivity index (χ2v) is 11.3. The van der Waals surface area contributed by atoms with E-state index < -0.39 is 22.9 Å². The van der Waals surface area contributed by atoms with Crippen molar-refractivity contribution in [2.45, 2.75) is 10.1 Å². The third kappa shape index (κ3) is 8.47. The molecule has 1 unspecified atom stereocenters. The first kappa shape index (κ1) is 31.3. The summed E-state index contributed by atoms with van der Waals surface area (Å²) in [5.41, 5.74) is 2.04. The van der Waals surface area contributed by atoms with Gasteiger partial charge in [-0.2, -0.15) is 0 Å². The second-order valence-electron chi connectivity index (χ2n) is 9.76. The maximum absolute atomic E-state index is 14.6. The molecule has 224 valence electrons. The van der Waals surface area contributed by atoms with Gasteiger partial charge in [0.1, 0.15) is 16.8 Å². The third-order valence-electron chi connectivity index (χ3n) is 6.57. The van der Waals surface area contributed by atoms with Gasteiger partial charge < -0.3 is 16.0 Å². The molecule has 0 bridgehead atoms. The number of hydrogen-bond acceptors (Lipinski definition) is 4. The van der Waals surface area contributed by atoms with Crippen molar-refractivity contribution in [2.24, 2.45) is 0 Å². The fraction of sp³-hybridized carbons (Fsp3) is 0.0278. The summed E-state index contributed by atoms with van der Waals surface area (Å²) >= 11 is 7.57. The topological polar surface area (TPSA) is 87.3 Å². The zero-order valence-corrected chi connectivity index (χ0v) is 25.3. The van der Waals surface area contributed by atoms with Gasteiger partial charge in [0.15, 0.2) is 0 Å². The largest absolute Gasteiger partial charge is 0.325 e. The predicted molar refractivity (Wildman–Crippen MR) is 178 cm³/mol. The molecule has 5 aromatic carbocycles. The molecule has 3 amide bonds. The highest BCUT2D eigenvalue weighted by molar-refractivity contribution is 8.00. The van der Waals surface area contributed by atoms with E-state index in [0.29, 0.717) is 16.9 Å². The van der Waals surface area contributed by atoms with Gasteiger partial charge in [-0.1, -0.05) is 84.4 Å². The van der Waals surface area contributed by atoms with E-state index in [4.69, 9.17) is 11.6 Å². The number of rotatable bonds is 10. The molecule has 0 aliphatic carbocycles. The van der Waals surface area contributed by atoms with E-state index in [9.17, 15) is 18.8 Å². The molecule has 45 heavy (non-hydrogen) atoms. The van der Waals surface area contributed by atoms with Crippen LogP contribution in [0.2, 0.25) is 5.02 Å². The van der Waals surface area contributed by atoms with Crippen LogP contribution in [0.4, 0.5) is 15.8 Å².